The van der Waals surface area contributed by atoms with Crippen LogP contribution in [0.15, 0.2) is 10.6 Å². The van der Waals surface area contributed by atoms with Crippen molar-refractivity contribution < 1.29 is 9.26 Å². The zero-order valence-electron chi connectivity index (χ0n) is 10.5. The average Bonchev–Trinajstić information content (AvgIpc) is 2.73. The van der Waals surface area contributed by atoms with Crippen molar-refractivity contribution in [2.24, 2.45) is 23.7 Å². The molecule has 18 heavy (non-hydrogen) atoms. The zero-order chi connectivity index (χ0) is 12.1. The maximum Gasteiger partial charge on any atom is 0.222 e. The fraction of sp³-hybridized carbons (Fsp3) is 0.786. The van der Waals surface area contributed by atoms with Crippen molar-refractivity contribution in [3.63, 3.8) is 0 Å². The van der Waals surface area contributed by atoms with E-state index in [1.54, 1.807) is 6.07 Å². The molecule has 0 unspecified atom stereocenters. The third kappa shape index (κ3) is 1.74. The van der Waals surface area contributed by atoms with E-state index in [2.05, 4.69) is 5.16 Å². The van der Waals surface area contributed by atoms with E-state index in [4.69, 9.17) is 15.0 Å². The van der Waals surface area contributed by atoms with E-state index in [0.29, 0.717) is 18.6 Å². The largest absolute Gasteiger partial charge is 0.371 e. The summed E-state index contributed by atoms with van der Waals surface area (Å²) in [5, 5.41) is 3.89. The van der Waals surface area contributed by atoms with E-state index < -0.39 is 0 Å². The van der Waals surface area contributed by atoms with Crippen LogP contribution in [0.1, 0.15) is 37.8 Å². The topological polar surface area (TPSA) is 61.3 Å². The van der Waals surface area contributed by atoms with Gasteiger partial charge in [-0.25, -0.2) is 0 Å². The van der Waals surface area contributed by atoms with E-state index in [1.165, 1.54) is 32.1 Å². The summed E-state index contributed by atoms with van der Waals surface area (Å²) in [6.07, 6.45) is 7.49. The Labute approximate surface area is 107 Å². The lowest BCUT2D eigenvalue weighted by atomic mass is 9.55. The number of ether oxygens (including phenoxy) is 1. The number of nitrogens with zero attached hydrogens (tertiary/aromatic N) is 1. The van der Waals surface area contributed by atoms with Gasteiger partial charge >= 0.3 is 0 Å². The highest BCUT2D eigenvalue weighted by Gasteiger charge is 2.48. The van der Waals surface area contributed by atoms with Crippen LogP contribution in [0.25, 0.3) is 0 Å². The van der Waals surface area contributed by atoms with E-state index in [1.807, 2.05) is 0 Å². The number of hydrogen-bond acceptors (Lipinski definition) is 4. The van der Waals surface area contributed by atoms with Crippen LogP contribution in [-0.2, 0) is 11.3 Å². The molecule has 98 valence electrons. The number of aromatic nitrogens is 1. The van der Waals surface area contributed by atoms with Gasteiger partial charge in [0.2, 0.25) is 5.88 Å². The van der Waals surface area contributed by atoms with Gasteiger partial charge in [-0.3, -0.25) is 0 Å². The van der Waals surface area contributed by atoms with Gasteiger partial charge in [-0.2, -0.15) is 0 Å². The number of nitrogen functional groups attached to an aromatic ring is 1. The highest BCUT2D eigenvalue weighted by Crippen LogP contribution is 2.54. The lowest BCUT2D eigenvalue weighted by molar-refractivity contribution is -0.132. The normalized spacial score (nSPS) is 41.4. The molecule has 1 heterocycles. The lowest BCUT2D eigenvalue weighted by Gasteiger charge is -2.53. The van der Waals surface area contributed by atoms with Gasteiger partial charge in [0.15, 0.2) is 0 Å². The van der Waals surface area contributed by atoms with Crippen molar-refractivity contribution in [1.29, 1.82) is 0 Å². The predicted octanol–water partition coefficient (Wildman–Crippen LogP) is 2.60. The van der Waals surface area contributed by atoms with Gasteiger partial charge in [-0.15, -0.1) is 0 Å². The van der Waals surface area contributed by atoms with Crippen molar-refractivity contribution in [3.05, 3.63) is 11.8 Å². The summed E-state index contributed by atoms with van der Waals surface area (Å²) < 4.78 is 11.0. The molecule has 4 aliphatic carbocycles. The predicted molar refractivity (Wildman–Crippen MR) is 66.5 cm³/mol. The summed E-state index contributed by atoms with van der Waals surface area (Å²) in [6, 6.07) is 1.76. The van der Waals surface area contributed by atoms with Crippen molar-refractivity contribution in [1.82, 2.24) is 5.16 Å². The summed E-state index contributed by atoms with van der Waals surface area (Å²) >= 11 is 0. The highest BCUT2D eigenvalue weighted by molar-refractivity contribution is 5.23. The van der Waals surface area contributed by atoms with Gasteiger partial charge in [0.05, 0.1) is 12.7 Å². The molecule has 0 atom stereocenters. The fourth-order valence-corrected chi connectivity index (χ4v) is 4.73. The molecule has 4 fully saturated rings. The monoisotopic (exact) mass is 248 g/mol. The molecule has 0 saturated heterocycles. The summed E-state index contributed by atoms with van der Waals surface area (Å²) in [6.45, 7) is 0.549. The van der Waals surface area contributed by atoms with Gasteiger partial charge in [0.1, 0.15) is 5.69 Å². The van der Waals surface area contributed by atoms with Crippen LogP contribution in [0, 0.1) is 23.7 Å². The Hall–Kier alpha value is -1.03. The average molecular weight is 248 g/mol. The molecule has 1 aromatic rings. The molecule has 4 aliphatic rings. The molecule has 0 spiro atoms. The molecule has 0 radical (unpaired) electrons. The quantitative estimate of drug-likeness (QED) is 0.893. The number of anilines is 1. The van der Waals surface area contributed by atoms with Crippen LogP contribution in [0.5, 0.6) is 0 Å². The van der Waals surface area contributed by atoms with E-state index in [9.17, 15) is 0 Å². The first-order chi connectivity index (χ1) is 8.78. The smallest absolute Gasteiger partial charge is 0.222 e. The molecule has 2 N–H and O–H groups in total. The molecule has 0 aromatic carbocycles. The molecular formula is C14H20N2O2. The van der Waals surface area contributed by atoms with Crippen LogP contribution >= 0.6 is 0 Å². The molecule has 1 aromatic heterocycles. The van der Waals surface area contributed by atoms with E-state index >= 15 is 0 Å². The second-order valence-corrected chi connectivity index (χ2v) is 6.43. The summed E-state index contributed by atoms with van der Waals surface area (Å²) in [5.41, 5.74) is 6.34. The standard InChI is InChI=1S/C14H20N2O2/c15-13-6-12(16-18-13)7-17-14-10-2-8-1-9(4-10)5-11(14)3-8/h6,8-11,14H,1-5,7,15H2. The maximum absolute atomic E-state index is 6.14. The molecule has 4 heteroatoms. The third-order valence-electron chi connectivity index (χ3n) is 5.14. The Morgan fingerprint density at radius 1 is 1.17 bits per heavy atom. The second-order valence-electron chi connectivity index (χ2n) is 6.43. The first-order valence-corrected chi connectivity index (χ1v) is 7.10. The van der Waals surface area contributed by atoms with Crippen molar-refractivity contribution in [2.45, 2.75) is 44.8 Å². The lowest BCUT2D eigenvalue weighted by Crippen LogP contribution is -2.49. The Morgan fingerprint density at radius 3 is 2.39 bits per heavy atom. The first-order valence-electron chi connectivity index (χ1n) is 7.10. The number of hydrogen-bond donors (Lipinski definition) is 1. The summed E-state index contributed by atoms with van der Waals surface area (Å²) in [5.74, 6) is 3.96. The SMILES string of the molecule is Nc1cc(COC2C3CC4CC(C3)CC2C4)no1. The minimum absolute atomic E-state index is 0.374. The van der Waals surface area contributed by atoms with Gasteiger partial charge in [-0.05, 0) is 55.8 Å². The van der Waals surface area contributed by atoms with Crippen molar-refractivity contribution in [3.8, 4) is 0 Å². The van der Waals surface area contributed by atoms with Gasteiger partial charge in [-0.1, -0.05) is 5.16 Å². The molecule has 4 nitrogen and oxygen atoms in total. The van der Waals surface area contributed by atoms with Crippen LogP contribution in [0.2, 0.25) is 0 Å². The molecule has 4 bridgehead atoms. The Kier molecular flexibility index (Phi) is 2.40. The van der Waals surface area contributed by atoms with Gasteiger partial charge in [0.25, 0.3) is 0 Å². The van der Waals surface area contributed by atoms with Crippen molar-refractivity contribution >= 4 is 5.88 Å². The second kappa shape index (κ2) is 3.98. The van der Waals surface area contributed by atoms with Crippen LogP contribution in [-0.4, -0.2) is 11.3 Å². The molecule has 5 rings (SSSR count). The Balaban J connectivity index is 1.43. The first kappa shape index (κ1) is 10.9. The minimum atomic E-state index is 0.374. The summed E-state index contributed by atoms with van der Waals surface area (Å²) in [7, 11) is 0. The Bertz CT molecular complexity index is 415. The minimum Gasteiger partial charge on any atom is -0.371 e. The number of nitrogens with two attached hydrogens (primary N) is 1. The third-order valence-corrected chi connectivity index (χ3v) is 5.14. The highest BCUT2D eigenvalue weighted by atomic mass is 16.5. The van der Waals surface area contributed by atoms with Crippen molar-refractivity contribution in [2.75, 3.05) is 5.73 Å². The molecular weight excluding hydrogens is 228 g/mol. The van der Waals surface area contributed by atoms with E-state index in [-0.39, 0.29) is 0 Å². The van der Waals surface area contributed by atoms with E-state index in [0.717, 1.165) is 29.4 Å². The Morgan fingerprint density at radius 2 is 1.83 bits per heavy atom. The molecule has 0 aliphatic heterocycles. The summed E-state index contributed by atoms with van der Waals surface area (Å²) in [4.78, 5) is 0. The number of rotatable bonds is 3. The zero-order valence-corrected chi connectivity index (χ0v) is 10.5. The van der Waals surface area contributed by atoms with Gasteiger partial charge < -0.3 is 15.0 Å². The maximum atomic E-state index is 6.14. The van der Waals surface area contributed by atoms with Gasteiger partial charge in [0, 0.05) is 6.07 Å². The molecule has 4 saturated carbocycles. The van der Waals surface area contributed by atoms with Crippen LogP contribution in [0.3, 0.4) is 0 Å². The van der Waals surface area contributed by atoms with Crippen LogP contribution in [0.4, 0.5) is 5.88 Å². The molecule has 0 amide bonds. The fourth-order valence-electron chi connectivity index (χ4n) is 4.73. The van der Waals surface area contributed by atoms with Crippen LogP contribution < -0.4 is 5.73 Å².